The summed E-state index contributed by atoms with van der Waals surface area (Å²) < 4.78 is 0.770. The minimum Gasteiger partial charge on any atom is -0.477 e. The van der Waals surface area contributed by atoms with E-state index in [4.69, 9.17) is 5.73 Å². The Morgan fingerprint density at radius 3 is 2.81 bits per heavy atom. The van der Waals surface area contributed by atoms with Crippen LogP contribution in [0, 0.1) is 0 Å². The van der Waals surface area contributed by atoms with Crippen LogP contribution in [0.15, 0.2) is 39.9 Å². The highest BCUT2D eigenvalue weighted by Crippen LogP contribution is 2.41. The average molecular weight is 492 g/mol. The molecule has 1 aromatic heterocycles. The van der Waals surface area contributed by atoms with Gasteiger partial charge in [-0.1, -0.05) is 48.2 Å². The van der Waals surface area contributed by atoms with Gasteiger partial charge in [0, 0.05) is 17.2 Å². The van der Waals surface area contributed by atoms with Crippen LogP contribution in [-0.4, -0.2) is 60.9 Å². The van der Waals surface area contributed by atoms with Crippen LogP contribution in [0.1, 0.15) is 17.5 Å². The van der Waals surface area contributed by atoms with Crippen molar-refractivity contribution in [2.75, 3.05) is 17.2 Å². The lowest BCUT2D eigenvalue weighted by Gasteiger charge is -2.49. The number of aromatic nitrogens is 2. The molecule has 2 atom stereocenters. The van der Waals surface area contributed by atoms with Crippen LogP contribution >= 0.6 is 34.9 Å². The maximum absolute atomic E-state index is 12.8. The Bertz CT molecular complexity index is 1100. The fourth-order valence-electron chi connectivity index (χ4n) is 3.48. The number of β-lactam (4-membered cyclic amide) rings is 1. The summed E-state index contributed by atoms with van der Waals surface area (Å²) in [5.41, 5.74) is 7.74. The Balaban J connectivity index is 1.43. The van der Waals surface area contributed by atoms with Gasteiger partial charge in [0.1, 0.15) is 22.1 Å². The molecule has 0 aliphatic carbocycles. The zero-order valence-corrected chi connectivity index (χ0v) is 19.6. The Morgan fingerprint density at radius 1 is 1.34 bits per heavy atom. The molecule has 2 aliphatic heterocycles. The molecular formula is C20H21N5O4S3. The summed E-state index contributed by atoms with van der Waals surface area (Å²) in [5, 5.41) is 21.2. The second-order valence-corrected chi connectivity index (χ2v) is 10.6. The first-order valence-corrected chi connectivity index (χ1v) is 12.7. The van der Waals surface area contributed by atoms with Gasteiger partial charge in [0.2, 0.25) is 5.91 Å². The number of nitrogens with zero attached hydrogens (tertiary/aromatic N) is 3. The minimum atomic E-state index is -1.15. The molecule has 3 heterocycles. The number of hydrogen-bond acceptors (Lipinski definition) is 9. The van der Waals surface area contributed by atoms with Crippen molar-refractivity contribution in [2.45, 2.75) is 35.5 Å². The van der Waals surface area contributed by atoms with Gasteiger partial charge in [-0.15, -0.1) is 22.0 Å². The van der Waals surface area contributed by atoms with Gasteiger partial charge in [-0.25, -0.2) is 4.79 Å². The summed E-state index contributed by atoms with van der Waals surface area (Å²) in [6, 6.07) is 6.29. The van der Waals surface area contributed by atoms with Gasteiger partial charge in [-0.2, -0.15) is 0 Å². The number of thioether (sulfide) groups is 2. The number of benzene rings is 1. The van der Waals surface area contributed by atoms with E-state index in [0.29, 0.717) is 28.3 Å². The van der Waals surface area contributed by atoms with Crippen LogP contribution in [0.4, 0.5) is 5.69 Å². The van der Waals surface area contributed by atoms with E-state index in [1.807, 2.05) is 6.92 Å². The number of anilines is 1. The normalized spacial score (nSPS) is 20.0. The zero-order chi connectivity index (χ0) is 22.8. The molecule has 4 rings (SSSR count). The summed E-state index contributed by atoms with van der Waals surface area (Å²) in [6.07, 6.45) is 0.851. The van der Waals surface area contributed by atoms with E-state index >= 15 is 0 Å². The Hall–Kier alpha value is -2.57. The van der Waals surface area contributed by atoms with E-state index in [1.54, 1.807) is 24.3 Å². The molecule has 2 aromatic rings. The lowest BCUT2D eigenvalue weighted by Crippen LogP contribution is -2.70. The predicted molar refractivity (Wildman–Crippen MR) is 124 cm³/mol. The van der Waals surface area contributed by atoms with E-state index in [9.17, 15) is 19.5 Å². The van der Waals surface area contributed by atoms with Crippen molar-refractivity contribution in [1.82, 2.24) is 20.4 Å². The van der Waals surface area contributed by atoms with Crippen LogP contribution in [0.2, 0.25) is 0 Å². The Morgan fingerprint density at radius 2 is 2.12 bits per heavy atom. The number of carboxylic acid groups (broad SMARTS) is 1. The molecule has 12 heteroatoms. The van der Waals surface area contributed by atoms with Crippen molar-refractivity contribution < 1.29 is 19.5 Å². The highest BCUT2D eigenvalue weighted by Gasteiger charge is 2.54. The van der Waals surface area contributed by atoms with Crippen LogP contribution in [-0.2, 0) is 27.2 Å². The van der Waals surface area contributed by atoms with E-state index in [1.165, 1.54) is 39.8 Å². The second-order valence-electron chi connectivity index (χ2n) is 7.19. The third-order valence-electron chi connectivity index (χ3n) is 5.09. The molecule has 1 unspecified atom stereocenters. The van der Waals surface area contributed by atoms with Gasteiger partial charge >= 0.3 is 5.97 Å². The SMILES string of the molecule is CCc1nnc(SCC2=C(C(=O)O)N3C(=O)C(NC(=O)Cc4ccccc4N)[C@@H]3SC2)s1. The molecule has 1 aromatic carbocycles. The number of para-hydroxylation sites is 1. The topological polar surface area (TPSA) is 139 Å². The molecule has 0 saturated carbocycles. The number of carboxylic acids is 1. The number of nitrogens with two attached hydrogens (primary N) is 1. The van der Waals surface area contributed by atoms with Crippen LogP contribution in [0.5, 0.6) is 0 Å². The molecule has 2 amide bonds. The van der Waals surface area contributed by atoms with E-state index < -0.39 is 23.3 Å². The van der Waals surface area contributed by atoms with E-state index in [0.717, 1.165) is 15.8 Å². The first-order chi connectivity index (χ1) is 15.4. The number of amides is 2. The fraction of sp³-hybridized carbons (Fsp3) is 0.350. The number of rotatable bonds is 8. The van der Waals surface area contributed by atoms with Gasteiger partial charge in [0.05, 0.1) is 6.42 Å². The largest absolute Gasteiger partial charge is 0.477 e. The number of aryl methyl sites for hydroxylation is 1. The molecule has 168 valence electrons. The van der Waals surface area contributed by atoms with Crippen LogP contribution in [0.25, 0.3) is 0 Å². The highest BCUT2D eigenvalue weighted by molar-refractivity contribution is 8.01. The number of fused-ring (bicyclic) bond motifs is 1. The van der Waals surface area contributed by atoms with Crippen LogP contribution in [0.3, 0.4) is 0 Å². The number of nitrogens with one attached hydrogen (secondary N) is 1. The van der Waals surface area contributed by atoms with Crippen LogP contribution < -0.4 is 11.1 Å². The van der Waals surface area contributed by atoms with Gasteiger partial charge in [-0.05, 0) is 23.6 Å². The van der Waals surface area contributed by atoms with Crippen molar-refractivity contribution >= 4 is 58.3 Å². The van der Waals surface area contributed by atoms with Crippen molar-refractivity contribution in [3.05, 3.63) is 46.1 Å². The van der Waals surface area contributed by atoms with Gasteiger partial charge in [-0.3, -0.25) is 14.5 Å². The van der Waals surface area contributed by atoms with E-state index in [-0.39, 0.29) is 18.0 Å². The molecule has 0 spiro atoms. The molecule has 0 radical (unpaired) electrons. The summed E-state index contributed by atoms with van der Waals surface area (Å²) in [6.45, 7) is 2.00. The first-order valence-electron chi connectivity index (χ1n) is 9.87. The van der Waals surface area contributed by atoms with Crippen molar-refractivity contribution in [2.24, 2.45) is 0 Å². The van der Waals surface area contributed by atoms with Gasteiger partial charge in [0.15, 0.2) is 4.34 Å². The summed E-state index contributed by atoms with van der Waals surface area (Å²) >= 11 is 4.35. The monoisotopic (exact) mass is 491 g/mol. The molecule has 0 bridgehead atoms. The minimum absolute atomic E-state index is 0.00397. The van der Waals surface area contributed by atoms with E-state index in [2.05, 4.69) is 15.5 Å². The van der Waals surface area contributed by atoms with Crippen molar-refractivity contribution in [3.63, 3.8) is 0 Å². The fourth-order valence-corrected chi connectivity index (χ4v) is 6.80. The summed E-state index contributed by atoms with van der Waals surface area (Å²) in [4.78, 5) is 38.5. The van der Waals surface area contributed by atoms with Crippen molar-refractivity contribution in [3.8, 4) is 0 Å². The molecule has 4 N–H and O–H groups in total. The zero-order valence-electron chi connectivity index (χ0n) is 17.1. The molecule has 1 saturated heterocycles. The Kier molecular flexibility index (Phi) is 6.72. The number of aliphatic carboxylic acids is 1. The third kappa shape index (κ3) is 4.48. The molecule has 1 fully saturated rings. The second kappa shape index (κ2) is 9.51. The standard InChI is InChI=1S/C20H21N5O4S3/c1-2-14-23-24-20(32-14)31-9-11-8-30-18-15(17(27)25(18)16(11)19(28)29)22-13(26)7-10-5-3-4-6-12(10)21/h3-6,15,18H,2,7-9,21H2,1H3,(H,22,26)(H,28,29)/t15?,18-/m0/s1. The number of carbonyl (C=O) groups excluding carboxylic acids is 2. The number of hydrogen-bond donors (Lipinski definition) is 3. The Labute approximate surface area is 196 Å². The predicted octanol–water partition coefficient (Wildman–Crippen LogP) is 1.76. The average Bonchev–Trinajstić information content (AvgIpc) is 3.25. The van der Waals surface area contributed by atoms with Gasteiger partial charge < -0.3 is 16.2 Å². The molecule has 2 aliphatic rings. The first kappa shape index (κ1) is 22.6. The highest BCUT2D eigenvalue weighted by atomic mass is 32.2. The molecular weight excluding hydrogens is 470 g/mol. The quantitative estimate of drug-likeness (QED) is 0.286. The summed E-state index contributed by atoms with van der Waals surface area (Å²) in [5.74, 6) is -1.02. The van der Waals surface area contributed by atoms with Crippen molar-refractivity contribution in [1.29, 1.82) is 0 Å². The smallest absolute Gasteiger partial charge is 0.352 e. The lowest BCUT2D eigenvalue weighted by molar-refractivity contribution is -0.150. The number of carbonyl (C=O) groups is 3. The molecule has 9 nitrogen and oxygen atoms in total. The lowest BCUT2D eigenvalue weighted by atomic mass is 10.0. The molecule has 32 heavy (non-hydrogen) atoms. The number of nitrogen functional groups attached to an aromatic ring is 1. The maximum atomic E-state index is 12.8. The maximum Gasteiger partial charge on any atom is 0.352 e. The summed E-state index contributed by atoms with van der Waals surface area (Å²) in [7, 11) is 0. The van der Waals surface area contributed by atoms with Gasteiger partial charge in [0.25, 0.3) is 5.91 Å². The third-order valence-corrected chi connectivity index (χ3v) is 8.72.